The third-order valence-electron chi connectivity index (χ3n) is 6.27. The number of hydrogen-bond acceptors (Lipinski definition) is 6. The zero-order chi connectivity index (χ0) is 20.6. The highest BCUT2D eigenvalue weighted by Gasteiger charge is 2.64. The lowest BCUT2D eigenvalue weighted by Gasteiger charge is -2.15. The molecule has 1 N–H and O–H groups in total. The highest BCUT2D eigenvalue weighted by molar-refractivity contribution is 5.85. The number of nitrogens with one attached hydrogen (secondary N) is 1. The molecule has 1 aromatic carbocycles. The maximum Gasteiger partial charge on any atom is 0.284 e. The molecule has 8 heteroatoms. The van der Waals surface area contributed by atoms with Gasteiger partial charge in [0.2, 0.25) is 5.91 Å². The second-order valence-electron chi connectivity index (χ2n) is 7.91. The number of hydrogen-bond donors (Lipinski definition) is 1. The average Bonchev–Trinajstić information content (AvgIpc) is 3.08. The van der Waals surface area contributed by atoms with E-state index in [0.29, 0.717) is 28.8 Å². The second kappa shape index (κ2) is 7.35. The highest BCUT2D eigenvalue weighted by atomic mass is 16.6. The second-order valence-corrected chi connectivity index (χ2v) is 7.91. The van der Waals surface area contributed by atoms with Crippen molar-refractivity contribution >= 4 is 17.8 Å². The lowest BCUT2D eigenvalue weighted by molar-refractivity contribution is -0.384. The van der Waals surface area contributed by atoms with E-state index >= 15 is 0 Å². The first kappa shape index (κ1) is 19.2. The van der Waals surface area contributed by atoms with Crippen LogP contribution in [-0.4, -0.2) is 24.2 Å². The summed E-state index contributed by atoms with van der Waals surface area (Å²) in [6.07, 6.45) is 6.00. The van der Waals surface area contributed by atoms with Crippen LogP contribution in [0.1, 0.15) is 38.4 Å². The number of nitro benzene ring substituents is 1. The van der Waals surface area contributed by atoms with Crippen molar-refractivity contribution in [1.29, 1.82) is 0 Å². The molecule has 1 heterocycles. The Morgan fingerprint density at radius 3 is 2.90 bits per heavy atom. The van der Waals surface area contributed by atoms with Crippen LogP contribution in [0.15, 0.2) is 39.9 Å². The van der Waals surface area contributed by atoms with Crippen molar-refractivity contribution in [1.82, 2.24) is 5.43 Å². The van der Waals surface area contributed by atoms with Gasteiger partial charge in [-0.1, -0.05) is 19.8 Å². The van der Waals surface area contributed by atoms with Crippen LogP contribution >= 0.6 is 0 Å². The van der Waals surface area contributed by atoms with Gasteiger partial charge in [0.05, 0.1) is 29.9 Å². The quantitative estimate of drug-likeness (QED) is 0.448. The van der Waals surface area contributed by atoms with Crippen molar-refractivity contribution in [2.24, 2.45) is 22.4 Å². The zero-order valence-electron chi connectivity index (χ0n) is 16.4. The number of furan rings is 1. The number of methoxy groups -OCH3 is 1. The number of amides is 1. The summed E-state index contributed by atoms with van der Waals surface area (Å²) in [5.41, 5.74) is 2.97. The molecule has 0 saturated heterocycles. The van der Waals surface area contributed by atoms with Crippen molar-refractivity contribution in [3.8, 4) is 17.1 Å². The normalized spacial score (nSPS) is 25.4. The molecule has 29 heavy (non-hydrogen) atoms. The summed E-state index contributed by atoms with van der Waals surface area (Å²) in [5, 5.41) is 15.4. The van der Waals surface area contributed by atoms with Crippen LogP contribution in [-0.2, 0) is 4.79 Å². The molecule has 0 spiro atoms. The van der Waals surface area contributed by atoms with Gasteiger partial charge in [-0.2, -0.15) is 5.10 Å². The van der Waals surface area contributed by atoms with E-state index in [1.807, 2.05) is 0 Å². The molecule has 3 atom stereocenters. The Kier molecular flexibility index (Phi) is 4.86. The molecular formula is C21H23N3O5. The number of fused-ring (bicyclic) bond motifs is 1. The minimum absolute atomic E-state index is 0.0382. The molecule has 152 valence electrons. The third kappa shape index (κ3) is 3.50. The molecule has 2 saturated carbocycles. The summed E-state index contributed by atoms with van der Waals surface area (Å²) in [4.78, 5) is 23.3. The Balaban J connectivity index is 1.44. The van der Waals surface area contributed by atoms with Gasteiger partial charge in [0.25, 0.3) is 5.69 Å². The predicted molar refractivity (Wildman–Crippen MR) is 107 cm³/mol. The fourth-order valence-corrected chi connectivity index (χ4v) is 4.64. The van der Waals surface area contributed by atoms with Gasteiger partial charge in [-0.05, 0) is 48.4 Å². The smallest absolute Gasteiger partial charge is 0.284 e. The number of carbonyl (C=O) groups is 1. The van der Waals surface area contributed by atoms with E-state index in [2.05, 4.69) is 17.5 Å². The summed E-state index contributed by atoms with van der Waals surface area (Å²) in [7, 11) is 1.45. The number of carbonyl (C=O) groups excluding carboxylic acids is 1. The molecule has 8 nitrogen and oxygen atoms in total. The molecule has 1 amide bonds. The number of nitrogens with zero attached hydrogens (tertiary/aromatic N) is 2. The molecule has 2 aliphatic carbocycles. The molecule has 0 bridgehead atoms. The van der Waals surface area contributed by atoms with Gasteiger partial charge >= 0.3 is 0 Å². The first-order chi connectivity index (χ1) is 13.9. The van der Waals surface area contributed by atoms with Gasteiger partial charge in [-0.15, -0.1) is 0 Å². The van der Waals surface area contributed by atoms with Crippen LogP contribution < -0.4 is 10.2 Å². The molecular weight excluding hydrogens is 374 g/mol. The summed E-state index contributed by atoms with van der Waals surface area (Å²) in [5.74, 6) is 1.59. The summed E-state index contributed by atoms with van der Waals surface area (Å²) in [6, 6.07) is 7.84. The number of hydrazone groups is 1. The molecule has 4 rings (SSSR count). The van der Waals surface area contributed by atoms with Gasteiger partial charge < -0.3 is 9.15 Å². The summed E-state index contributed by atoms with van der Waals surface area (Å²) < 4.78 is 10.7. The molecule has 1 aromatic heterocycles. The Hall–Kier alpha value is -3.16. The molecule has 0 radical (unpaired) electrons. The minimum Gasteiger partial charge on any atom is -0.497 e. The molecule has 0 unspecified atom stereocenters. The zero-order valence-corrected chi connectivity index (χ0v) is 16.4. The predicted octanol–water partition coefficient (Wildman–Crippen LogP) is 4.14. The number of nitro groups is 1. The lowest BCUT2D eigenvalue weighted by atomic mass is 9.90. The minimum atomic E-state index is -0.482. The Morgan fingerprint density at radius 1 is 1.38 bits per heavy atom. The lowest BCUT2D eigenvalue weighted by Crippen LogP contribution is -2.22. The van der Waals surface area contributed by atoms with E-state index in [4.69, 9.17) is 9.15 Å². The van der Waals surface area contributed by atoms with E-state index in [0.717, 1.165) is 12.8 Å². The van der Waals surface area contributed by atoms with Crippen LogP contribution in [0.3, 0.4) is 0 Å². The molecule has 2 fully saturated rings. The Labute approximate surface area is 168 Å². The Bertz CT molecular complexity index is 982. The molecule has 2 aromatic rings. The topological polar surface area (TPSA) is 107 Å². The van der Waals surface area contributed by atoms with E-state index in [-0.39, 0.29) is 22.9 Å². The van der Waals surface area contributed by atoms with Crippen LogP contribution in [0.2, 0.25) is 0 Å². The first-order valence-electron chi connectivity index (χ1n) is 9.69. The third-order valence-corrected chi connectivity index (χ3v) is 6.27. The van der Waals surface area contributed by atoms with Gasteiger partial charge in [0.1, 0.15) is 17.3 Å². The monoisotopic (exact) mass is 397 g/mol. The number of rotatable bonds is 6. The van der Waals surface area contributed by atoms with Gasteiger partial charge in [-0.3, -0.25) is 14.9 Å². The van der Waals surface area contributed by atoms with Crippen LogP contribution in [0.4, 0.5) is 5.69 Å². The van der Waals surface area contributed by atoms with Crippen molar-refractivity contribution in [3.05, 3.63) is 46.2 Å². The van der Waals surface area contributed by atoms with Gasteiger partial charge in [0.15, 0.2) is 0 Å². The van der Waals surface area contributed by atoms with E-state index in [1.165, 1.54) is 32.2 Å². The van der Waals surface area contributed by atoms with Crippen molar-refractivity contribution < 1.29 is 18.9 Å². The van der Waals surface area contributed by atoms with Crippen LogP contribution in [0.25, 0.3) is 11.3 Å². The van der Waals surface area contributed by atoms with Gasteiger partial charge in [0, 0.05) is 5.92 Å². The number of benzene rings is 1. The highest BCUT2D eigenvalue weighted by Crippen LogP contribution is 2.66. The van der Waals surface area contributed by atoms with E-state index in [9.17, 15) is 14.9 Å². The maximum absolute atomic E-state index is 12.4. The first-order valence-corrected chi connectivity index (χ1v) is 9.69. The van der Waals surface area contributed by atoms with Gasteiger partial charge in [-0.25, -0.2) is 5.43 Å². The molecule has 0 aliphatic heterocycles. The Morgan fingerprint density at radius 2 is 2.21 bits per heavy atom. The molecule has 2 aliphatic rings. The number of ether oxygens (including phenoxy) is 1. The van der Waals surface area contributed by atoms with E-state index in [1.54, 1.807) is 24.3 Å². The summed E-state index contributed by atoms with van der Waals surface area (Å²) >= 11 is 0. The van der Waals surface area contributed by atoms with Crippen LogP contribution in [0, 0.1) is 27.4 Å². The fourth-order valence-electron chi connectivity index (χ4n) is 4.64. The average molecular weight is 397 g/mol. The fraction of sp³-hybridized carbons (Fsp3) is 0.429. The van der Waals surface area contributed by atoms with Crippen molar-refractivity contribution in [3.63, 3.8) is 0 Å². The van der Waals surface area contributed by atoms with Crippen LogP contribution in [0.5, 0.6) is 5.75 Å². The van der Waals surface area contributed by atoms with Crippen molar-refractivity contribution in [2.45, 2.75) is 32.6 Å². The maximum atomic E-state index is 12.4. The summed E-state index contributed by atoms with van der Waals surface area (Å²) in [6.45, 7) is 2.19. The largest absolute Gasteiger partial charge is 0.497 e. The standard InChI is InChI=1S/C21H23N3O5/c1-21-10-4-3-5-16(21)19(21)20(25)23-22-12-14-7-9-18(29-14)15-8-6-13(28-2)11-17(15)24(26)27/h6-9,11-12,16,19H,3-5,10H2,1-2H3,(H,23,25)/b22-12-/t16-,19+,21+/m0/s1. The van der Waals surface area contributed by atoms with E-state index < -0.39 is 4.92 Å². The van der Waals surface area contributed by atoms with Crippen molar-refractivity contribution in [2.75, 3.05) is 7.11 Å². The SMILES string of the molecule is COc1ccc(-c2ccc(/C=N\NC(=O)[C@H]3[C@@H]4CCCC[C@]43C)o2)c([N+](=O)[O-])c1.